The minimum Gasteiger partial charge on any atom is -0.352 e. The third kappa shape index (κ3) is 5.06. The lowest BCUT2D eigenvalue weighted by Gasteiger charge is -2.15. The van der Waals surface area contributed by atoms with Crippen LogP contribution in [0.15, 0.2) is 29.6 Å². The van der Waals surface area contributed by atoms with Gasteiger partial charge in [-0.25, -0.2) is 4.98 Å². The first-order chi connectivity index (χ1) is 11.3. The zero-order chi connectivity index (χ0) is 17.7. The zero-order valence-corrected chi connectivity index (χ0v) is 15.0. The zero-order valence-electron chi connectivity index (χ0n) is 14.2. The van der Waals surface area contributed by atoms with E-state index >= 15 is 0 Å². The van der Waals surface area contributed by atoms with Crippen LogP contribution in [0, 0.1) is 6.92 Å². The largest absolute Gasteiger partial charge is 0.352 e. The number of carbonyl (C=O) groups excluding carboxylic acids is 2. The predicted octanol–water partition coefficient (Wildman–Crippen LogP) is 2.84. The highest BCUT2D eigenvalue weighted by atomic mass is 32.1. The standard InChI is InChI=1S/C17H22N4O2S/c1-10(2)18-15(22)12(4)19-16(23)14-9-24-17(21-14)20-13-7-5-6-11(3)8-13/h5-10,12H,1-4H3,(H,18,22)(H,19,23)(H,20,21)/t12-/m0/s1. The fourth-order valence-corrected chi connectivity index (χ4v) is 2.74. The Balaban J connectivity index is 1.97. The monoisotopic (exact) mass is 346 g/mol. The summed E-state index contributed by atoms with van der Waals surface area (Å²) in [5.74, 6) is -0.582. The van der Waals surface area contributed by atoms with Crippen molar-refractivity contribution in [1.29, 1.82) is 0 Å². The second-order valence-electron chi connectivity index (χ2n) is 5.89. The van der Waals surface area contributed by atoms with E-state index in [0.29, 0.717) is 10.8 Å². The van der Waals surface area contributed by atoms with Crippen LogP contribution in [0.3, 0.4) is 0 Å². The molecule has 1 aromatic carbocycles. The second-order valence-corrected chi connectivity index (χ2v) is 6.75. The Hall–Kier alpha value is -2.41. The van der Waals surface area contributed by atoms with Crippen molar-refractivity contribution in [2.75, 3.05) is 5.32 Å². The molecule has 0 aliphatic heterocycles. The smallest absolute Gasteiger partial charge is 0.271 e. The SMILES string of the molecule is Cc1cccc(Nc2nc(C(=O)N[C@@H](C)C(=O)NC(C)C)cs2)c1. The van der Waals surface area contributed by atoms with E-state index < -0.39 is 6.04 Å². The number of thiazole rings is 1. The van der Waals surface area contributed by atoms with E-state index in [1.807, 2.05) is 45.0 Å². The van der Waals surface area contributed by atoms with Crippen LogP contribution >= 0.6 is 11.3 Å². The number of aryl methyl sites for hydroxylation is 1. The highest BCUT2D eigenvalue weighted by Gasteiger charge is 2.19. The molecule has 1 aromatic heterocycles. The molecule has 0 fully saturated rings. The molecule has 0 spiro atoms. The van der Waals surface area contributed by atoms with Crippen molar-refractivity contribution in [1.82, 2.24) is 15.6 Å². The molecular weight excluding hydrogens is 324 g/mol. The molecule has 1 heterocycles. The Morgan fingerprint density at radius 1 is 1.17 bits per heavy atom. The number of anilines is 2. The van der Waals surface area contributed by atoms with Gasteiger partial charge in [-0.05, 0) is 45.4 Å². The Morgan fingerprint density at radius 3 is 2.58 bits per heavy atom. The molecule has 0 aliphatic rings. The number of nitrogens with zero attached hydrogens (tertiary/aromatic N) is 1. The van der Waals surface area contributed by atoms with Crippen molar-refractivity contribution >= 4 is 34.0 Å². The third-order valence-electron chi connectivity index (χ3n) is 3.18. The van der Waals surface area contributed by atoms with E-state index in [4.69, 9.17) is 0 Å². The normalized spacial score (nSPS) is 11.9. The summed E-state index contributed by atoms with van der Waals surface area (Å²) in [5.41, 5.74) is 2.35. The average molecular weight is 346 g/mol. The van der Waals surface area contributed by atoms with Gasteiger partial charge >= 0.3 is 0 Å². The maximum Gasteiger partial charge on any atom is 0.271 e. The summed E-state index contributed by atoms with van der Waals surface area (Å²) in [6.45, 7) is 7.40. The fourth-order valence-electron chi connectivity index (χ4n) is 2.03. The van der Waals surface area contributed by atoms with Crippen molar-refractivity contribution in [3.63, 3.8) is 0 Å². The van der Waals surface area contributed by atoms with Crippen molar-refractivity contribution < 1.29 is 9.59 Å². The van der Waals surface area contributed by atoms with Gasteiger partial charge in [0, 0.05) is 17.1 Å². The number of hydrogen-bond acceptors (Lipinski definition) is 5. The van der Waals surface area contributed by atoms with Crippen LogP contribution in [0.4, 0.5) is 10.8 Å². The molecule has 7 heteroatoms. The van der Waals surface area contributed by atoms with Crippen LogP contribution in [0.1, 0.15) is 36.8 Å². The summed E-state index contributed by atoms with van der Waals surface area (Å²) in [7, 11) is 0. The van der Waals surface area contributed by atoms with Gasteiger partial charge in [0.05, 0.1) is 0 Å². The van der Waals surface area contributed by atoms with Gasteiger partial charge in [0.2, 0.25) is 5.91 Å². The molecular formula is C17H22N4O2S. The number of carbonyl (C=O) groups is 2. The van der Waals surface area contributed by atoms with E-state index in [9.17, 15) is 9.59 Å². The van der Waals surface area contributed by atoms with Crippen LogP contribution in [0.5, 0.6) is 0 Å². The fraction of sp³-hybridized carbons (Fsp3) is 0.353. The molecule has 24 heavy (non-hydrogen) atoms. The van der Waals surface area contributed by atoms with E-state index in [2.05, 4.69) is 20.9 Å². The minimum atomic E-state index is -0.616. The molecule has 3 N–H and O–H groups in total. The summed E-state index contributed by atoms with van der Waals surface area (Å²) >= 11 is 1.34. The Labute approximate surface area is 145 Å². The highest BCUT2D eigenvalue weighted by molar-refractivity contribution is 7.14. The first-order valence-electron chi connectivity index (χ1n) is 7.75. The molecule has 1 atom stereocenters. The summed E-state index contributed by atoms with van der Waals surface area (Å²) in [6, 6.07) is 7.31. The molecule has 0 saturated carbocycles. The number of hydrogen-bond donors (Lipinski definition) is 3. The lowest BCUT2D eigenvalue weighted by Crippen LogP contribution is -2.46. The van der Waals surface area contributed by atoms with Crippen LogP contribution < -0.4 is 16.0 Å². The van der Waals surface area contributed by atoms with Gasteiger partial charge in [-0.1, -0.05) is 12.1 Å². The summed E-state index contributed by atoms with van der Waals surface area (Å²) in [6.07, 6.45) is 0. The first kappa shape index (κ1) is 17.9. The number of rotatable bonds is 6. The van der Waals surface area contributed by atoms with Crippen LogP contribution in [-0.2, 0) is 4.79 Å². The van der Waals surface area contributed by atoms with Crippen molar-refractivity contribution in [2.45, 2.75) is 39.8 Å². The highest BCUT2D eigenvalue weighted by Crippen LogP contribution is 2.21. The third-order valence-corrected chi connectivity index (χ3v) is 3.94. The van der Waals surface area contributed by atoms with Gasteiger partial charge < -0.3 is 16.0 Å². The summed E-state index contributed by atoms with van der Waals surface area (Å²) < 4.78 is 0. The Bertz CT molecular complexity index is 727. The molecule has 128 valence electrons. The van der Waals surface area contributed by atoms with E-state index in [1.165, 1.54) is 11.3 Å². The lowest BCUT2D eigenvalue weighted by molar-refractivity contribution is -0.123. The van der Waals surface area contributed by atoms with Crippen molar-refractivity contribution in [2.24, 2.45) is 0 Å². The molecule has 0 aliphatic carbocycles. The summed E-state index contributed by atoms with van der Waals surface area (Å²) in [5, 5.41) is 10.9. The van der Waals surface area contributed by atoms with Gasteiger partial charge in [0.15, 0.2) is 5.13 Å². The van der Waals surface area contributed by atoms with Crippen molar-refractivity contribution in [3.8, 4) is 0 Å². The van der Waals surface area contributed by atoms with Gasteiger partial charge in [-0.2, -0.15) is 0 Å². The maximum atomic E-state index is 12.2. The van der Waals surface area contributed by atoms with Gasteiger partial charge in [0.25, 0.3) is 5.91 Å². The molecule has 0 unspecified atom stereocenters. The molecule has 0 radical (unpaired) electrons. The molecule has 2 amide bonds. The van der Waals surface area contributed by atoms with Crippen molar-refractivity contribution in [3.05, 3.63) is 40.9 Å². The van der Waals surface area contributed by atoms with E-state index in [0.717, 1.165) is 11.3 Å². The maximum absolute atomic E-state index is 12.2. The minimum absolute atomic E-state index is 0.0289. The molecule has 6 nitrogen and oxygen atoms in total. The van der Waals surface area contributed by atoms with Crippen LogP contribution in [0.2, 0.25) is 0 Å². The summed E-state index contributed by atoms with van der Waals surface area (Å²) in [4.78, 5) is 28.3. The van der Waals surface area contributed by atoms with Gasteiger partial charge in [0.1, 0.15) is 11.7 Å². The number of aromatic nitrogens is 1. The second kappa shape index (κ2) is 7.92. The lowest BCUT2D eigenvalue weighted by atomic mass is 10.2. The number of benzene rings is 1. The topological polar surface area (TPSA) is 83.1 Å². The average Bonchev–Trinajstić information content (AvgIpc) is 2.95. The quantitative estimate of drug-likeness (QED) is 0.751. The molecule has 0 saturated heterocycles. The van der Waals surface area contributed by atoms with Gasteiger partial charge in [-0.15, -0.1) is 11.3 Å². The van der Waals surface area contributed by atoms with Crippen LogP contribution in [-0.4, -0.2) is 28.9 Å². The molecule has 0 bridgehead atoms. The number of amides is 2. The Kier molecular flexibility index (Phi) is 5.92. The molecule has 2 rings (SSSR count). The van der Waals surface area contributed by atoms with Gasteiger partial charge in [-0.3, -0.25) is 9.59 Å². The van der Waals surface area contributed by atoms with E-state index in [1.54, 1.807) is 12.3 Å². The molecule has 2 aromatic rings. The predicted molar refractivity (Wildman–Crippen MR) is 96.8 cm³/mol. The van der Waals surface area contributed by atoms with E-state index in [-0.39, 0.29) is 17.9 Å². The van der Waals surface area contributed by atoms with Crippen LogP contribution in [0.25, 0.3) is 0 Å². The number of nitrogens with one attached hydrogen (secondary N) is 3. The first-order valence-corrected chi connectivity index (χ1v) is 8.63. The Morgan fingerprint density at radius 2 is 1.92 bits per heavy atom.